The SMILES string of the molecule is COc1ccccc1CNc1nc(NCCOCCOCCN)nc(C2CCCCC2)n1. The molecule has 0 aliphatic heterocycles. The molecule has 1 saturated carbocycles. The molecule has 3 rings (SSSR count). The normalized spacial score (nSPS) is 14.3. The van der Waals surface area contributed by atoms with Gasteiger partial charge in [0.15, 0.2) is 0 Å². The Labute approximate surface area is 190 Å². The van der Waals surface area contributed by atoms with E-state index in [9.17, 15) is 0 Å². The molecule has 0 saturated heterocycles. The number of methoxy groups -OCH3 is 1. The quantitative estimate of drug-likeness (QED) is 0.378. The summed E-state index contributed by atoms with van der Waals surface area (Å²) in [5, 5.41) is 6.62. The van der Waals surface area contributed by atoms with Crippen molar-refractivity contribution in [3.8, 4) is 5.75 Å². The molecule has 176 valence electrons. The Kier molecular flexibility index (Phi) is 10.4. The Hall–Kier alpha value is -2.49. The van der Waals surface area contributed by atoms with E-state index in [1.165, 1.54) is 19.3 Å². The molecule has 9 nitrogen and oxygen atoms in total. The van der Waals surface area contributed by atoms with Crippen LogP contribution in [-0.2, 0) is 16.0 Å². The zero-order valence-electron chi connectivity index (χ0n) is 19.0. The number of nitrogens with one attached hydrogen (secondary N) is 2. The summed E-state index contributed by atoms with van der Waals surface area (Å²) in [6, 6.07) is 7.93. The first-order valence-corrected chi connectivity index (χ1v) is 11.5. The number of anilines is 2. The number of aromatic nitrogens is 3. The van der Waals surface area contributed by atoms with Crippen molar-refractivity contribution in [1.82, 2.24) is 15.0 Å². The van der Waals surface area contributed by atoms with E-state index in [0.717, 1.165) is 30.0 Å². The van der Waals surface area contributed by atoms with Gasteiger partial charge in [0.1, 0.15) is 11.6 Å². The maximum Gasteiger partial charge on any atom is 0.228 e. The average molecular weight is 445 g/mol. The van der Waals surface area contributed by atoms with E-state index < -0.39 is 0 Å². The highest BCUT2D eigenvalue weighted by atomic mass is 16.5. The first kappa shape index (κ1) is 24.2. The summed E-state index contributed by atoms with van der Waals surface area (Å²) < 4.78 is 16.3. The van der Waals surface area contributed by atoms with Crippen LogP contribution in [0.1, 0.15) is 49.4 Å². The molecule has 2 aromatic rings. The predicted molar refractivity (Wildman–Crippen MR) is 125 cm³/mol. The van der Waals surface area contributed by atoms with Gasteiger partial charge in [-0.05, 0) is 18.9 Å². The topological polar surface area (TPSA) is 116 Å². The summed E-state index contributed by atoms with van der Waals surface area (Å²) in [6.45, 7) is 3.89. The Morgan fingerprint density at radius 3 is 2.38 bits per heavy atom. The van der Waals surface area contributed by atoms with Crippen LogP contribution in [0.2, 0.25) is 0 Å². The van der Waals surface area contributed by atoms with Crippen molar-refractivity contribution in [2.24, 2.45) is 5.73 Å². The molecular formula is C23H36N6O3. The number of nitrogens with two attached hydrogens (primary N) is 1. The maximum absolute atomic E-state index is 5.58. The maximum atomic E-state index is 5.58. The van der Waals surface area contributed by atoms with Gasteiger partial charge in [-0.25, -0.2) is 0 Å². The second-order valence-corrected chi connectivity index (χ2v) is 7.78. The minimum atomic E-state index is 0.384. The van der Waals surface area contributed by atoms with E-state index >= 15 is 0 Å². The van der Waals surface area contributed by atoms with Gasteiger partial charge in [0.25, 0.3) is 0 Å². The minimum absolute atomic E-state index is 0.384. The fraction of sp³-hybridized carbons (Fsp3) is 0.609. The molecule has 0 atom stereocenters. The molecule has 0 amide bonds. The van der Waals surface area contributed by atoms with Crippen molar-refractivity contribution in [1.29, 1.82) is 0 Å². The number of hydrogen-bond donors (Lipinski definition) is 3. The van der Waals surface area contributed by atoms with Crippen molar-refractivity contribution >= 4 is 11.9 Å². The highest BCUT2D eigenvalue weighted by Crippen LogP contribution is 2.31. The van der Waals surface area contributed by atoms with Crippen molar-refractivity contribution < 1.29 is 14.2 Å². The van der Waals surface area contributed by atoms with E-state index in [-0.39, 0.29) is 0 Å². The van der Waals surface area contributed by atoms with Gasteiger partial charge in [-0.2, -0.15) is 15.0 Å². The number of ether oxygens (including phenoxy) is 3. The minimum Gasteiger partial charge on any atom is -0.496 e. The third-order valence-electron chi connectivity index (χ3n) is 5.42. The van der Waals surface area contributed by atoms with Crippen molar-refractivity contribution in [2.45, 2.75) is 44.6 Å². The average Bonchev–Trinajstić information content (AvgIpc) is 2.85. The summed E-state index contributed by atoms with van der Waals surface area (Å²) in [7, 11) is 1.68. The third kappa shape index (κ3) is 7.89. The van der Waals surface area contributed by atoms with Gasteiger partial charge in [-0.1, -0.05) is 37.5 Å². The molecule has 1 heterocycles. The number of nitrogens with zero attached hydrogens (tertiary/aromatic N) is 3. The highest BCUT2D eigenvalue weighted by Gasteiger charge is 2.20. The molecule has 4 N–H and O–H groups in total. The lowest BCUT2D eigenvalue weighted by Gasteiger charge is -2.21. The predicted octanol–water partition coefficient (Wildman–Crippen LogP) is 2.94. The molecule has 0 unspecified atom stereocenters. The van der Waals surface area contributed by atoms with Gasteiger partial charge in [0, 0.05) is 31.1 Å². The van der Waals surface area contributed by atoms with Gasteiger partial charge >= 0.3 is 0 Å². The molecule has 0 radical (unpaired) electrons. The Morgan fingerprint density at radius 2 is 1.62 bits per heavy atom. The number of para-hydroxylation sites is 1. The summed E-state index contributed by atoms with van der Waals surface area (Å²) in [4.78, 5) is 14.0. The molecule has 1 aliphatic carbocycles. The van der Waals surface area contributed by atoms with Gasteiger partial charge in [0.2, 0.25) is 11.9 Å². The van der Waals surface area contributed by atoms with Crippen LogP contribution in [0, 0.1) is 0 Å². The molecule has 1 aromatic carbocycles. The molecule has 0 spiro atoms. The fourth-order valence-corrected chi connectivity index (χ4v) is 3.76. The van der Waals surface area contributed by atoms with E-state index in [0.29, 0.717) is 63.9 Å². The molecule has 0 bridgehead atoms. The Balaban J connectivity index is 1.59. The Bertz CT molecular complexity index is 801. The summed E-state index contributed by atoms with van der Waals surface area (Å²) in [6.07, 6.45) is 5.99. The summed E-state index contributed by atoms with van der Waals surface area (Å²) in [5.74, 6) is 3.24. The lowest BCUT2D eigenvalue weighted by molar-refractivity contribution is 0.0547. The van der Waals surface area contributed by atoms with Gasteiger partial charge in [-0.3, -0.25) is 0 Å². The third-order valence-corrected chi connectivity index (χ3v) is 5.42. The van der Waals surface area contributed by atoms with Crippen molar-refractivity contribution in [2.75, 3.05) is 57.3 Å². The van der Waals surface area contributed by atoms with Crippen LogP contribution < -0.4 is 21.1 Å². The molecule has 1 fully saturated rings. The first-order valence-electron chi connectivity index (χ1n) is 11.5. The standard InChI is InChI=1S/C23H36N6O3/c1-30-20-10-6-5-9-19(20)17-26-23-28-21(18-7-3-2-4-8-18)27-22(29-23)25-12-14-32-16-15-31-13-11-24/h5-6,9-10,18H,2-4,7-8,11-17,24H2,1H3,(H2,25,26,27,28,29). The number of rotatable bonds is 14. The largest absolute Gasteiger partial charge is 0.496 e. The molecule has 9 heteroatoms. The van der Waals surface area contributed by atoms with Crippen LogP contribution >= 0.6 is 0 Å². The summed E-state index contributed by atoms with van der Waals surface area (Å²) in [5.41, 5.74) is 6.45. The van der Waals surface area contributed by atoms with Gasteiger partial charge in [-0.15, -0.1) is 0 Å². The van der Waals surface area contributed by atoms with Crippen LogP contribution in [0.4, 0.5) is 11.9 Å². The lowest BCUT2D eigenvalue weighted by Crippen LogP contribution is -2.18. The zero-order valence-corrected chi connectivity index (χ0v) is 19.0. The molecule has 32 heavy (non-hydrogen) atoms. The van der Waals surface area contributed by atoms with Crippen LogP contribution in [0.3, 0.4) is 0 Å². The Morgan fingerprint density at radius 1 is 0.906 bits per heavy atom. The molecule has 1 aliphatic rings. The first-order chi connectivity index (χ1) is 15.8. The van der Waals surface area contributed by atoms with Gasteiger partial charge in [0.05, 0.1) is 33.5 Å². The smallest absolute Gasteiger partial charge is 0.228 e. The fourth-order valence-electron chi connectivity index (χ4n) is 3.76. The second kappa shape index (κ2) is 13.8. The summed E-state index contributed by atoms with van der Waals surface area (Å²) >= 11 is 0. The van der Waals surface area contributed by atoms with E-state index in [1.54, 1.807) is 7.11 Å². The van der Waals surface area contributed by atoms with Crippen LogP contribution in [-0.4, -0.2) is 61.6 Å². The van der Waals surface area contributed by atoms with E-state index in [4.69, 9.17) is 29.9 Å². The molecular weight excluding hydrogens is 408 g/mol. The van der Waals surface area contributed by atoms with Crippen LogP contribution in [0.15, 0.2) is 24.3 Å². The van der Waals surface area contributed by atoms with Crippen LogP contribution in [0.25, 0.3) is 0 Å². The van der Waals surface area contributed by atoms with Crippen molar-refractivity contribution in [3.05, 3.63) is 35.7 Å². The number of benzene rings is 1. The second-order valence-electron chi connectivity index (χ2n) is 7.78. The van der Waals surface area contributed by atoms with Crippen LogP contribution in [0.5, 0.6) is 5.75 Å². The molecule has 1 aromatic heterocycles. The highest BCUT2D eigenvalue weighted by molar-refractivity contribution is 5.39. The zero-order chi connectivity index (χ0) is 22.4. The van der Waals surface area contributed by atoms with E-state index in [2.05, 4.69) is 15.6 Å². The van der Waals surface area contributed by atoms with Crippen molar-refractivity contribution in [3.63, 3.8) is 0 Å². The monoisotopic (exact) mass is 444 g/mol. The van der Waals surface area contributed by atoms with Gasteiger partial charge < -0.3 is 30.6 Å². The number of hydrogen-bond acceptors (Lipinski definition) is 9. The lowest BCUT2D eigenvalue weighted by atomic mass is 9.89. The van der Waals surface area contributed by atoms with E-state index in [1.807, 2.05) is 24.3 Å².